The zero-order chi connectivity index (χ0) is 23.2. The number of aromatic nitrogens is 4. The van der Waals surface area contributed by atoms with Crippen LogP contribution in [0.2, 0.25) is 5.02 Å². The fourth-order valence-corrected chi connectivity index (χ4v) is 3.92. The number of hydrogen-bond acceptors (Lipinski definition) is 9. The van der Waals surface area contributed by atoms with Crippen molar-refractivity contribution in [2.24, 2.45) is 5.92 Å². The molecule has 0 amide bonds. The number of esters is 1. The molecule has 1 aromatic carbocycles. The molecule has 4 rings (SSSR count). The summed E-state index contributed by atoms with van der Waals surface area (Å²) >= 11 is 5.89. The molecule has 3 aromatic rings. The van der Waals surface area contributed by atoms with Gasteiger partial charge in [0.05, 0.1) is 24.8 Å². The van der Waals surface area contributed by atoms with Gasteiger partial charge in [0.2, 0.25) is 5.95 Å². The van der Waals surface area contributed by atoms with Crippen LogP contribution in [0.5, 0.6) is 0 Å². The fraction of sp³-hybridized carbons (Fsp3) is 0.409. The van der Waals surface area contributed by atoms with Crippen LogP contribution in [-0.4, -0.2) is 59.2 Å². The number of fused-ring (bicyclic) bond motifs is 1. The molecule has 0 bridgehead atoms. The molecule has 0 unspecified atom stereocenters. The lowest BCUT2D eigenvalue weighted by Crippen LogP contribution is -2.38. The minimum Gasteiger partial charge on any atom is -0.469 e. The molecule has 0 radical (unpaired) electrons. The van der Waals surface area contributed by atoms with Crippen molar-refractivity contribution >= 4 is 46.1 Å². The summed E-state index contributed by atoms with van der Waals surface area (Å²) in [5.74, 6) is 0.960. The predicted molar refractivity (Wildman–Crippen MR) is 124 cm³/mol. The van der Waals surface area contributed by atoms with Crippen molar-refractivity contribution < 1.29 is 13.9 Å². The Labute approximate surface area is 195 Å². The van der Waals surface area contributed by atoms with E-state index in [1.54, 1.807) is 12.3 Å². The van der Waals surface area contributed by atoms with E-state index in [4.69, 9.17) is 16.6 Å². The van der Waals surface area contributed by atoms with Crippen molar-refractivity contribution in [3.05, 3.63) is 41.6 Å². The van der Waals surface area contributed by atoms with Gasteiger partial charge < -0.3 is 20.3 Å². The number of carbonyl (C=O) groups is 1. The summed E-state index contributed by atoms with van der Waals surface area (Å²) in [6.07, 6.45) is 5.48. The Balaban J connectivity index is 1.40. The Morgan fingerprint density at radius 1 is 1.27 bits per heavy atom. The minimum absolute atomic E-state index is 0.0244. The van der Waals surface area contributed by atoms with Gasteiger partial charge in [0.1, 0.15) is 23.2 Å². The number of carbonyl (C=O) groups excluding carboxylic acids is 1. The highest BCUT2D eigenvalue weighted by Crippen LogP contribution is 2.27. The van der Waals surface area contributed by atoms with Gasteiger partial charge in [-0.2, -0.15) is 0 Å². The maximum Gasteiger partial charge on any atom is 0.306 e. The van der Waals surface area contributed by atoms with E-state index < -0.39 is 5.82 Å². The van der Waals surface area contributed by atoms with Gasteiger partial charge in [0.15, 0.2) is 5.82 Å². The third-order valence-electron chi connectivity index (χ3n) is 5.61. The summed E-state index contributed by atoms with van der Waals surface area (Å²) in [5, 5.41) is 6.49. The maximum absolute atomic E-state index is 13.5. The third kappa shape index (κ3) is 5.82. The number of nitrogens with zero attached hydrogens (tertiary/aromatic N) is 5. The lowest BCUT2D eigenvalue weighted by molar-refractivity contribution is -0.140. The Morgan fingerprint density at radius 3 is 2.85 bits per heavy atom. The molecule has 1 aliphatic heterocycles. The Hall–Kier alpha value is -3.11. The average molecular weight is 474 g/mol. The largest absolute Gasteiger partial charge is 0.469 e. The molecule has 0 saturated carbocycles. The zero-order valence-corrected chi connectivity index (χ0v) is 19.0. The monoisotopic (exact) mass is 473 g/mol. The highest BCUT2D eigenvalue weighted by Gasteiger charge is 2.21. The van der Waals surface area contributed by atoms with Crippen molar-refractivity contribution in [1.29, 1.82) is 0 Å². The summed E-state index contributed by atoms with van der Waals surface area (Å²) < 4.78 is 18.1. The maximum atomic E-state index is 13.5. The van der Waals surface area contributed by atoms with Crippen LogP contribution in [0.15, 0.2) is 30.7 Å². The van der Waals surface area contributed by atoms with E-state index in [-0.39, 0.29) is 11.0 Å². The zero-order valence-electron chi connectivity index (χ0n) is 18.2. The molecule has 1 aliphatic rings. The molecule has 174 valence electrons. The minimum atomic E-state index is -0.485. The van der Waals surface area contributed by atoms with E-state index in [0.29, 0.717) is 47.4 Å². The molecule has 1 fully saturated rings. The normalized spacial score (nSPS) is 14.5. The molecule has 1 saturated heterocycles. The van der Waals surface area contributed by atoms with Gasteiger partial charge in [-0.25, -0.2) is 24.3 Å². The van der Waals surface area contributed by atoms with E-state index in [1.165, 1.54) is 25.6 Å². The summed E-state index contributed by atoms with van der Waals surface area (Å²) in [5.41, 5.74) is 1.78. The first-order chi connectivity index (χ1) is 16.0. The number of rotatable bonds is 8. The molecule has 33 heavy (non-hydrogen) atoms. The number of anilines is 3. The average Bonchev–Trinajstić information content (AvgIpc) is 2.84. The van der Waals surface area contributed by atoms with Gasteiger partial charge >= 0.3 is 5.97 Å². The second kappa shape index (κ2) is 10.7. The van der Waals surface area contributed by atoms with E-state index >= 15 is 0 Å². The van der Waals surface area contributed by atoms with Crippen LogP contribution < -0.4 is 15.5 Å². The smallest absolute Gasteiger partial charge is 0.306 e. The number of nitrogens with one attached hydrogen (secondary N) is 2. The van der Waals surface area contributed by atoms with Gasteiger partial charge in [-0.1, -0.05) is 11.6 Å². The van der Waals surface area contributed by atoms with E-state index in [0.717, 1.165) is 32.5 Å². The highest BCUT2D eigenvalue weighted by molar-refractivity contribution is 6.31. The lowest BCUT2D eigenvalue weighted by atomic mass is 9.97. The van der Waals surface area contributed by atoms with Crippen LogP contribution in [0.1, 0.15) is 19.3 Å². The van der Waals surface area contributed by atoms with Crippen molar-refractivity contribution in [3.8, 4) is 0 Å². The Kier molecular flexibility index (Phi) is 7.46. The van der Waals surface area contributed by atoms with Crippen molar-refractivity contribution in [2.75, 3.05) is 43.5 Å². The van der Waals surface area contributed by atoms with Gasteiger partial charge in [0, 0.05) is 25.3 Å². The Morgan fingerprint density at radius 2 is 2.09 bits per heavy atom. The van der Waals surface area contributed by atoms with E-state index in [2.05, 4.69) is 35.2 Å². The van der Waals surface area contributed by atoms with Crippen LogP contribution in [0.25, 0.3) is 11.0 Å². The molecule has 2 N–H and O–H groups in total. The van der Waals surface area contributed by atoms with Crippen LogP contribution >= 0.6 is 11.6 Å². The molecular weight excluding hydrogens is 449 g/mol. The molecule has 0 atom stereocenters. The summed E-state index contributed by atoms with van der Waals surface area (Å²) in [6.45, 7) is 3.15. The van der Waals surface area contributed by atoms with Crippen LogP contribution in [-0.2, 0) is 9.53 Å². The molecule has 9 nitrogen and oxygen atoms in total. The molecular formula is C22H25ClFN7O2. The first-order valence-corrected chi connectivity index (χ1v) is 11.1. The Bertz CT molecular complexity index is 1130. The number of ether oxygens (including phenoxy) is 1. The van der Waals surface area contributed by atoms with Gasteiger partial charge in [0.25, 0.3) is 0 Å². The SMILES string of the molecule is COC(=O)CCNCC1CCN(c2ncc3ncnc(Nc4ccc(F)c(Cl)c4)c3n2)CC1. The molecule has 3 heterocycles. The second-order valence-electron chi connectivity index (χ2n) is 7.84. The fourth-order valence-electron chi connectivity index (χ4n) is 3.74. The standard InChI is InChI=1S/C22H25ClFN7O2/c1-33-19(32)4-7-25-11-14-5-8-31(9-6-14)22-26-12-18-20(30-22)21(28-13-27-18)29-15-2-3-17(24)16(23)10-15/h2-3,10,12-14,25H,4-9,11H2,1H3,(H,27,28,29). The van der Waals surface area contributed by atoms with Gasteiger partial charge in [-0.15, -0.1) is 0 Å². The first kappa shape index (κ1) is 23.1. The second-order valence-corrected chi connectivity index (χ2v) is 8.25. The van der Waals surface area contributed by atoms with Gasteiger partial charge in [-0.05, 0) is 43.5 Å². The number of benzene rings is 1. The quantitative estimate of drug-likeness (QED) is 0.376. The molecule has 2 aromatic heterocycles. The van der Waals surface area contributed by atoms with Crippen LogP contribution in [0, 0.1) is 11.7 Å². The topological polar surface area (TPSA) is 105 Å². The number of hydrogen-bond donors (Lipinski definition) is 2. The first-order valence-electron chi connectivity index (χ1n) is 10.8. The number of halogens is 2. The van der Waals surface area contributed by atoms with Crippen molar-refractivity contribution in [1.82, 2.24) is 25.3 Å². The molecule has 0 aliphatic carbocycles. The number of piperidine rings is 1. The third-order valence-corrected chi connectivity index (χ3v) is 5.90. The van der Waals surface area contributed by atoms with Crippen molar-refractivity contribution in [3.63, 3.8) is 0 Å². The predicted octanol–water partition coefficient (Wildman–Crippen LogP) is 3.33. The van der Waals surface area contributed by atoms with Crippen molar-refractivity contribution in [2.45, 2.75) is 19.3 Å². The number of methoxy groups -OCH3 is 1. The van der Waals surface area contributed by atoms with Crippen LogP contribution in [0.4, 0.5) is 21.8 Å². The van der Waals surface area contributed by atoms with E-state index in [1.807, 2.05) is 0 Å². The summed E-state index contributed by atoms with van der Waals surface area (Å²) in [6, 6.07) is 4.38. The summed E-state index contributed by atoms with van der Waals surface area (Å²) in [7, 11) is 1.40. The molecule has 0 spiro atoms. The van der Waals surface area contributed by atoms with Crippen LogP contribution in [0.3, 0.4) is 0 Å². The lowest BCUT2D eigenvalue weighted by Gasteiger charge is -2.32. The molecule has 11 heteroatoms. The van der Waals surface area contributed by atoms with Gasteiger partial charge in [-0.3, -0.25) is 4.79 Å². The highest BCUT2D eigenvalue weighted by atomic mass is 35.5. The van der Waals surface area contributed by atoms with E-state index in [9.17, 15) is 9.18 Å². The summed E-state index contributed by atoms with van der Waals surface area (Å²) in [4.78, 5) is 31.1.